The van der Waals surface area contributed by atoms with E-state index in [2.05, 4.69) is 36.1 Å². The predicted molar refractivity (Wildman–Crippen MR) is 82.7 cm³/mol. The minimum absolute atomic E-state index is 0.0916. The molecular formula is C16H26FN3. The standard InChI is InChI=1S/C16H26FN3/c1-4-18-11-13-7-8-16(15(17)10-13)20-9-5-6-14(20)12-19(2)3/h7-8,10,14,18H,4-6,9,11-12H2,1-3H3. The summed E-state index contributed by atoms with van der Waals surface area (Å²) in [6.45, 7) is 5.64. The Labute approximate surface area is 121 Å². The molecule has 1 aromatic carbocycles. The van der Waals surface area contributed by atoms with Gasteiger partial charge in [0.25, 0.3) is 0 Å². The van der Waals surface area contributed by atoms with E-state index in [1.807, 2.05) is 12.1 Å². The van der Waals surface area contributed by atoms with E-state index in [1.165, 1.54) is 0 Å². The molecule has 0 aromatic heterocycles. The van der Waals surface area contributed by atoms with Crippen molar-refractivity contribution in [1.82, 2.24) is 10.2 Å². The summed E-state index contributed by atoms with van der Waals surface area (Å²) in [6, 6.07) is 6.07. The van der Waals surface area contributed by atoms with E-state index < -0.39 is 0 Å². The third-order valence-corrected chi connectivity index (χ3v) is 3.85. The molecule has 0 aliphatic carbocycles. The zero-order valence-electron chi connectivity index (χ0n) is 12.8. The smallest absolute Gasteiger partial charge is 0.146 e. The number of anilines is 1. The molecule has 0 amide bonds. The Balaban J connectivity index is 2.11. The van der Waals surface area contributed by atoms with Crippen LogP contribution < -0.4 is 10.2 Å². The first kappa shape index (κ1) is 15.3. The summed E-state index contributed by atoms with van der Waals surface area (Å²) in [5.41, 5.74) is 1.77. The Morgan fingerprint density at radius 2 is 2.20 bits per heavy atom. The van der Waals surface area contributed by atoms with Crippen LogP contribution >= 0.6 is 0 Å². The first-order valence-electron chi connectivity index (χ1n) is 7.52. The average Bonchev–Trinajstić information content (AvgIpc) is 2.83. The molecular weight excluding hydrogens is 253 g/mol. The molecule has 1 unspecified atom stereocenters. The Morgan fingerprint density at radius 3 is 2.85 bits per heavy atom. The second-order valence-electron chi connectivity index (χ2n) is 5.82. The van der Waals surface area contributed by atoms with Crippen LogP contribution in [0.5, 0.6) is 0 Å². The van der Waals surface area contributed by atoms with E-state index in [0.717, 1.165) is 50.3 Å². The Kier molecular flexibility index (Phi) is 5.38. The number of halogens is 1. The van der Waals surface area contributed by atoms with Gasteiger partial charge in [-0.3, -0.25) is 0 Å². The van der Waals surface area contributed by atoms with Gasteiger partial charge in [-0.05, 0) is 51.2 Å². The first-order chi connectivity index (χ1) is 9.61. The van der Waals surface area contributed by atoms with Crippen LogP contribution in [0.1, 0.15) is 25.3 Å². The summed E-state index contributed by atoms with van der Waals surface area (Å²) in [6.07, 6.45) is 2.30. The molecule has 1 aliphatic rings. The van der Waals surface area contributed by atoms with Crippen molar-refractivity contribution in [3.63, 3.8) is 0 Å². The van der Waals surface area contributed by atoms with Crippen molar-refractivity contribution in [2.24, 2.45) is 0 Å². The van der Waals surface area contributed by atoms with Crippen LogP contribution in [-0.2, 0) is 6.54 Å². The van der Waals surface area contributed by atoms with Crippen LogP contribution in [0.3, 0.4) is 0 Å². The van der Waals surface area contributed by atoms with Gasteiger partial charge in [-0.2, -0.15) is 0 Å². The Hall–Kier alpha value is -1.13. The highest BCUT2D eigenvalue weighted by Gasteiger charge is 2.26. The lowest BCUT2D eigenvalue weighted by atomic mass is 10.1. The summed E-state index contributed by atoms with van der Waals surface area (Å²) in [4.78, 5) is 4.41. The van der Waals surface area contributed by atoms with E-state index >= 15 is 0 Å². The van der Waals surface area contributed by atoms with Crippen LogP contribution in [0.2, 0.25) is 0 Å². The van der Waals surface area contributed by atoms with Gasteiger partial charge in [0.2, 0.25) is 0 Å². The lowest BCUT2D eigenvalue weighted by Crippen LogP contribution is -2.38. The summed E-state index contributed by atoms with van der Waals surface area (Å²) in [7, 11) is 4.15. The van der Waals surface area contributed by atoms with E-state index in [4.69, 9.17) is 0 Å². The van der Waals surface area contributed by atoms with Crippen LogP contribution in [0.15, 0.2) is 18.2 Å². The monoisotopic (exact) mass is 279 g/mol. The molecule has 1 saturated heterocycles. The number of nitrogens with zero attached hydrogens (tertiary/aromatic N) is 2. The van der Waals surface area contributed by atoms with Gasteiger partial charge in [0, 0.05) is 25.7 Å². The van der Waals surface area contributed by atoms with Crippen LogP contribution in [0.25, 0.3) is 0 Å². The fourth-order valence-corrected chi connectivity index (χ4v) is 2.93. The number of benzene rings is 1. The second-order valence-corrected chi connectivity index (χ2v) is 5.82. The Bertz CT molecular complexity index is 434. The van der Waals surface area contributed by atoms with E-state index in [0.29, 0.717) is 6.04 Å². The SMILES string of the molecule is CCNCc1ccc(N2CCCC2CN(C)C)c(F)c1. The molecule has 1 atom stereocenters. The number of hydrogen-bond donors (Lipinski definition) is 1. The molecule has 3 nitrogen and oxygen atoms in total. The first-order valence-corrected chi connectivity index (χ1v) is 7.52. The minimum Gasteiger partial charge on any atom is -0.365 e. The summed E-state index contributed by atoms with van der Waals surface area (Å²) in [5.74, 6) is -0.0916. The van der Waals surface area contributed by atoms with Crippen LogP contribution in [-0.4, -0.2) is 44.7 Å². The van der Waals surface area contributed by atoms with Gasteiger partial charge in [0.1, 0.15) is 5.82 Å². The maximum Gasteiger partial charge on any atom is 0.146 e. The van der Waals surface area contributed by atoms with Crippen molar-refractivity contribution in [2.45, 2.75) is 32.4 Å². The summed E-state index contributed by atoms with van der Waals surface area (Å²) >= 11 is 0. The van der Waals surface area contributed by atoms with Crippen LogP contribution in [0.4, 0.5) is 10.1 Å². The number of likely N-dealkylation sites (N-methyl/N-ethyl adjacent to an activating group) is 1. The lowest BCUT2D eigenvalue weighted by molar-refractivity contribution is 0.371. The van der Waals surface area contributed by atoms with Gasteiger partial charge in [0.05, 0.1) is 5.69 Å². The molecule has 1 aliphatic heterocycles. The third-order valence-electron chi connectivity index (χ3n) is 3.85. The molecule has 1 heterocycles. The molecule has 1 fully saturated rings. The van der Waals surface area contributed by atoms with Gasteiger partial charge < -0.3 is 15.1 Å². The Morgan fingerprint density at radius 1 is 1.40 bits per heavy atom. The predicted octanol–water partition coefficient (Wildman–Crippen LogP) is 2.47. The highest BCUT2D eigenvalue weighted by molar-refractivity contribution is 5.51. The molecule has 0 spiro atoms. The summed E-state index contributed by atoms with van der Waals surface area (Å²) in [5, 5.41) is 3.23. The van der Waals surface area contributed by atoms with Crippen molar-refractivity contribution < 1.29 is 4.39 Å². The fraction of sp³-hybridized carbons (Fsp3) is 0.625. The maximum atomic E-state index is 14.4. The largest absolute Gasteiger partial charge is 0.365 e. The summed E-state index contributed by atoms with van der Waals surface area (Å²) < 4.78 is 14.4. The zero-order chi connectivity index (χ0) is 14.5. The van der Waals surface area contributed by atoms with Crippen molar-refractivity contribution in [2.75, 3.05) is 38.6 Å². The molecule has 0 saturated carbocycles. The van der Waals surface area contributed by atoms with Gasteiger partial charge in [0.15, 0.2) is 0 Å². The zero-order valence-corrected chi connectivity index (χ0v) is 12.8. The normalized spacial score (nSPS) is 19.1. The molecule has 4 heteroatoms. The molecule has 0 bridgehead atoms. The number of rotatable bonds is 6. The van der Waals surface area contributed by atoms with E-state index in [9.17, 15) is 4.39 Å². The number of nitrogens with one attached hydrogen (secondary N) is 1. The second kappa shape index (κ2) is 7.04. The highest BCUT2D eigenvalue weighted by atomic mass is 19.1. The van der Waals surface area contributed by atoms with Crippen molar-refractivity contribution in [3.8, 4) is 0 Å². The van der Waals surface area contributed by atoms with E-state index in [1.54, 1.807) is 6.07 Å². The van der Waals surface area contributed by atoms with Gasteiger partial charge in [-0.15, -0.1) is 0 Å². The minimum atomic E-state index is -0.0916. The molecule has 112 valence electrons. The fourth-order valence-electron chi connectivity index (χ4n) is 2.93. The van der Waals surface area contributed by atoms with Crippen molar-refractivity contribution in [3.05, 3.63) is 29.6 Å². The molecule has 1 aromatic rings. The number of hydrogen-bond acceptors (Lipinski definition) is 3. The van der Waals surface area contributed by atoms with Crippen molar-refractivity contribution >= 4 is 5.69 Å². The molecule has 2 rings (SSSR count). The van der Waals surface area contributed by atoms with Crippen LogP contribution in [0, 0.1) is 5.82 Å². The maximum absolute atomic E-state index is 14.4. The molecule has 20 heavy (non-hydrogen) atoms. The topological polar surface area (TPSA) is 18.5 Å². The van der Waals surface area contributed by atoms with Gasteiger partial charge >= 0.3 is 0 Å². The van der Waals surface area contributed by atoms with Crippen molar-refractivity contribution in [1.29, 1.82) is 0 Å². The average molecular weight is 279 g/mol. The molecule has 0 radical (unpaired) electrons. The highest BCUT2D eigenvalue weighted by Crippen LogP contribution is 2.28. The molecule has 1 N–H and O–H groups in total. The third kappa shape index (κ3) is 3.70. The van der Waals surface area contributed by atoms with E-state index in [-0.39, 0.29) is 5.82 Å². The van der Waals surface area contributed by atoms with Gasteiger partial charge in [-0.25, -0.2) is 4.39 Å². The van der Waals surface area contributed by atoms with Gasteiger partial charge in [-0.1, -0.05) is 13.0 Å². The lowest BCUT2D eigenvalue weighted by Gasteiger charge is -2.29. The quantitative estimate of drug-likeness (QED) is 0.863.